The summed E-state index contributed by atoms with van der Waals surface area (Å²) >= 11 is 0. The summed E-state index contributed by atoms with van der Waals surface area (Å²) in [6.07, 6.45) is 27.1. The molecule has 0 aromatic rings. The Morgan fingerprint density at radius 2 is 1.66 bits per heavy atom. The van der Waals surface area contributed by atoms with Gasteiger partial charge in [-0.15, -0.1) is 0 Å². The quantitative estimate of drug-likeness (QED) is 0.114. The molecule has 1 unspecified atom stereocenters. The van der Waals surface area contributed by atoms with Gasteiger partial charge in [0, 0.05) is 6.42 Å². The normalized spacial score (nSPS) is 36.0. The van der Waals surface area contributed by atoms with Gasteiger partial charge in [0.05, 0.1) is 5.41 Å². The van der Waals surface area contributed by atoms with Gasteiger partial charge in [0.2, 0.25) is 0 Å². The van der Waals surface area contributed by atoms with Crippen molar-refractivity contribution in [3.05, 3.63) is 11.6 Å². The summed E-state index contributed by atoms with van der Waals surface area (Å²) in [5.41, 5.74) is 1.64. The lowest BCUT2D eigenvalue weighted by molar-refractivity contribution is -0.163. The zero-order chi connectivity index (χ0) is 24.7. The smallest absolute Gasteiger partial charge is 0.306 e. The lowest BCUT2D eigenvalue weighted by Crippen LogP contribution is -2.53. The average Bonchev–Trinajstić information content (AvgIpc) is 3.23. The highest BCUT2D eigenvalue weighted by molar-refractivity contribution is 5.71. The first kappa shape index (κ1) is 26.9. The van der Waals surface area contributed by atoms with E-state index in [0.717, 1.165) is 38.5 Å². The molecule has 0 aromatic carbocycles. The van der Waals surface area contributed by atoms with Gasteiger partial charge in [0.15, 0.2) is 0 Å². The summed E-state index contributed by atoms with van der Waals surface area (Å²) in [5.74, 6) is 1.68. The summed E-state index contributed by atoms with van der Waals surface area (Å²) in [7, 11) is 0. The third-order valence-electron chi connectivity index (χ3n) is 10.8. The molecule has 6 atom stereocenters. The van der Waals surface area contributed by atoms with Crippen molar-refractivity contribution in [3.63, 3.8) is 0 Å². The van der Waals surface area contributed by atoms with E-state index in [9.17, 15) is 9.59 Å². The Kier molecular flexibility index (Phi) is 9.55. The van der Waals surface area contributed by atoms with Crippen molar-refractivity contribution in [1.29, 1.82) is 0 Å². The van der Waals surface area contributed by atoms with E-state index in [4.69, 9.17) is 4.74 Å². The molecular weight excluding hydrogens is 432 g/mol. The van der Waals surface area contributed by atoms with Gasteiger partial charge in [-0.3, -0.25) is 4.79 Å². The molecule has 198 valence electrons. The lowest BCUT2D eigenvalue weighted by atomic mass is 9.47. The van der Waals surface area contributed by atoms with Crippen molar-refractivity contribution < 1.29 is 14.3 Å². The Morgan fingerprint density at radius 3 is 2.37 bits per heavy atom. The molecule has 4 aliphatic carbocycles. The molecule has 35 heavy (non-hydrogen) atoms. The van der Waals surface area contributed by atoms with Crippen molar-refractivity contribution in [2.75, 3.05) is 0 Å². The summed E-state index contributed by atoms with van der Waals surface area (Å²) in [4.78, 5) is 25.4. The standard InChI is InChI=1S/C32H52O3/c1-3-4-5-6-7-8-9-10-11-12-16-30(34)35-29-20-19-28-26-18-17-25-15-13-14-22-31(25,2)27(26)21-23-32(28,29)24-33/h15,24,26-29H,3-14,16-23H2,1-2H3/t26-,27+,28+,29?,31+,32-/m1/s1. The van der Waals surface area contributed by atoms with Gasteiger partial charge >= 0.3 is 5.97 Å². The predicted molar refractivity (Wildman–Crippen MR) is 143 cm³/mol. The minimum Gasteiger partial charge on any atom is -0.461 e. The first-order chi connectivity index (χ1) is 17.0. The first-order valence-corrected chi connectivity index (χ1v) is 15.4. The molecular formula is C32H52O3. The fourth-order valence-electron chi connectivity index (χ4n) is 8.80. The summed E-state index contributed by atoms with van der Waals surface area (Å²) in [5, 5.41) is 0. The molecule has 0 bridgehead atoms. The molecule has 3 fully saturated rings. The molecule has 4 rings (SSSR count). The van der Waals surface area contributed by atoms with E-state index in [0.29, 0.717) is 29.6 Å². The summed E-state index contributed by atoms with van der Waals surface area (Å²) < 4.78 is 6.09. The maximum atomic E-state index is 12.7. The molecule has 4 aliphatic rings. The second-order valence-corrected chi connectivity index (χ2v) is 12.7. The molecule has 0 N–H and O–H groups in total. The molecule has 0 aromatic heterocycles. The largest absolute Gasteiger partial charge is 0.461 e. The van der Waals surface area contributed by atoms with Crippen LogP contribution < -0.4 is 0 Å². The fourth-order valence-corrected chi connectivity index (χ4v) is 8.80. The van der Waals surface area contributed by atoms with Gasteiger partial charge in [-0.05, 0) is 87.4 Å². The average molecular weight is 485 g/mol. The summed E-state index contributed by atoms with van der Waals surface area (Å²) in [6, 6.07) is 0. The molecule has 3 saturated carbocycles. The SMILES string of the molecule is CCCCCCCCCCCCC(=O)OC1CC[C@H]2[C@@H]3CCC4=CCCC[C@]4(C)[C@H]3CC[C@]12C=O. The number of ether oxygens (including phenoxy) is 1. The third-order valence-corrected chi connectivity index (χ3v) is 10.8. The number of hydrogen-bond donors (Lipinski definition) is 0. The first-order valence-electron chi connectivity index (χ1n) is 15.4. The maximum Gasteiger partial charge on any atom is 0.306 e. The number of fused-ring (bicyclic) bond motifs is 5. The molecule has 3 nitrogen and oxygen atoms in total. The van der Waals surface area contributed by atoms with E-state index in [1.54, 1.807) is 5.57 Å². The van der Waals surface area contributed by atoms with Crippen LogP contribution >= 0.6 is 0 Å². The number of carbonyl (C=O) groups is 2. The van der Waals surface area contributed by atoms with Crippen LogP contribution in [0.5, 0.6) is 0 Å². The second kappa shape index (κ2) is 12.4. The van der Waals surface area contributed by atoms with Crippen LogP contribution in [0.15, 0.2) is 11.6 Å². The number of unbranched alkanes of at least 4 members (excludes halogenated alkanes) is 9. The van der Waals surface area contributed by atoms with E-state index >= 15 is 0 Å². The van der Waals surface area contributed by atoms with Crippen molar-refractivity contribution in [1.82, 2.24) is 0 Å². The van der Waals surface area contributed by atoms with E-state index in [-0.39, 0.29) is 12.1 Å². The number of carbonyl (C=O) groups excluding carboxylic acids is 2. The monoisotopic (exact) mass is 484 g/mol. The Labute approximate surface area is 215 Å². The van der Waals surface area contributed by atoms with Gasteiger partial charge in [0.1, 0.15) is 12.4 Å². The van der Waals surface area contributed by atoms with Crippen LogP contribution in [-0.2, 0) is 14.3 Å². The van der Waals surface area contributed by atoms with Gasteiger partial charge in [-0.25, -0.2) is 0 Å². The Hall–Kier alpha value is -1.12. The van der Waals surface area contributed by atoms with Crippen molar-refractivity contribution in [2.45, 2.75) is 148 Å². The highest BCUT2D eigenvalue weighted by Crippen LogP contribution is 2.65. The molecule has 0 radical (unpaired) electrons. The zero-order valence-electron chi connectivity index (χ0n) is 22.8. The second-order valence-electron chi connectivity index (χ2n) is 12.7. The van der Waals surface area contributed by atoms with Crippen LogP contribution in [0, 0.1) is 28.6 Å². The Morgan fingerprint density at radius 1 is 0.943 bits per heavy atom. The predicted octanol–water partition coefficient (Wildman–Crippen LogP) is 8.74. The number of allylic oxidation sites excluding steroid dienone is 2. The number of aldehydes is 1. The van der Waals surface area contributed by atoms with Crippen LogP contribution in [0.1, 0.15) is 142 Å². The number of esters is 1. The van der Waals surface area contributed by atoms with E-state index in [2.05, 4.69) is 19.9 Å². The minimum atomic E-state index is -0.416. The number of hydrogen-bond acceptors (Lipinski definition) is 3. The van der Waals surface area contributed by atoms with Crippen LogP contribution in [0.3, 0.4) is 0 Å². The highest BCUT2D eigenvalue weighted by Gasteiger charge is 2.61. The van der Waals surface area contributed by atoms with Crippen LogP contribution in [0.2, 0.25) is 0 Å². The van der Waals surface area contributed by atoms with Crippen molar-refractivity contribution in [2.24, 2.45) is 28.6 Å². The Bertz CT molecular complexity index is 741. The van der Waals surface area contributed by atoms with Crippen LogP contribution in [0.25, 0.3) is 0 Å². The van der Waals surface area contributed by atoms with Crippen molar-refractivity contribution >= 4 is 12.3 Å². The van der Waals surface area contributed by atoms with Crippen LogP contribution in [-0.4, -0.2) is 18.4 Å². The molecule has 0 heterocycles. The Balaban J connectivity index is 1.23. The minimum absolute atomic E-state index is 0.0633. The molecule has 0 amide bonds. The highest BCUT2D eigenvalue weighted by atomic mass is 16.5. The topological polar surface area (TPSA) is 43.4 Å². The van der Waals surface area contributed by atoms with Gasteiger partial charge < -0.3 is 9.53 Å². The van der Waals surface area contributed by atoms with Crippen molar-refractivity contribution in [3.8, 4) is 0 Å². The van der Waals surface area contributed by atoms with Gasteiger partial charge in [-0.1, -0.05) is 83.3 Å². The van der Waals surface area contributed by atoms with E-state index in [1.165, 1.54) is 89.8 Å². The third kappa shape index (κ3) is 5.74. The van der Waals surface area contributed by atoms with Gasteiger partial charge in [-0.2, -0.15) is 0 Å². The van der Waals surface area contributed by atoms with E-state index in [1.807, 2.05) is 0 Å². The lowest BCUT2D eigenvalue weighted by Gasteiger charge is -2.57. The zero-order valence-corrected chi connectivity index (χ0v) is 22.8. The maximum absolute atomic E-state index is 12.7. The van der Waals surface area contributed by atoms with Gasteiger partial charge in [0.25, 0.3) is 0 Å². The molecule has 3 heteroatoms. The van der Waals surface area contributed by atoms with E-state index < -0.39 is 5.41 Å². The molecule has 0 aliphatic heterocycles. The van der Waals surface area contributed by atoms with Crippen LogP contribution in [0.4, 0.5) is 0 Å². The number of rotatable bonds is 13. The molecule has 0 spiro atoms. The fraction of sp³-hybridized carbons (Fsp3) is 0.875. The molecule has 0 saturated heterocycles. The summed E-state index contributed by atoms with van der Waals surface area (Å²) in [6.45, 7) is 4.78.